The third kappa shape index (κ3) is 4.15. The van der Waals surface area contributed by atoms with Gasteiger partial charge in [0.1, 0.15) is 5.75 Å². The Bertz CT molecular complexity index is 600. The van der Waals surface area contributed by atoms with Gasteiger partial charge in [0, 0.05) is 17.8 Å². The number of anilines is 1. The van der Waals surface area contributed by atoms with Crippen molar-refractivity contribution < 1.29 is 9.53 Å². The van der Waals surface area contributed by atoms with Crippen LogP contribution in [0.5, 0.6) is 5.75 Å². The van der Waals surface area contributed by atoms with Crippen LogP contribution in [0.4, 0.5) is 5.69 Å². The number of benzene rings is 1. The number of rotatable bonds is 6. The standard InChI is InChI=1S/C14H15ClN2O2S/c1-9(10-5-13(15)20-8-10)17-11-3-2-4-12(6-11)19-7-14(16)18/h2-6,8-9,17H,7H2,1H3,(H2,16,18). The molecule has 2 aromatic rings. The zero-order valence-corrected chi connectivity index (χ0v) is 12.5. The molecule has 20 heavy (non-hydrogen) atoms. The predicted molar refractivity (Wildman–Crippen MR) is 82.5 cm³/mol. The van der Waals surface area contributed by atoms with Crippen LogP contribution in [0.15, 0.2) is 35.7 Å². The molecule has 1 aromatic carbocycles. The molecule has 0 saturated heterocycles. The van der Waals surface area contributed by atoms with Crippen molar-refractivity contribution in [3.8, 4) is 5.75 Å². The fourth-order valence-electron chi connectivity index (χ4n) is 1.71. The molecule has 0 radical (unpaired) electrons. The summed E-state index contributed by atoms with van der Waals surface area (Å²) < 4.78 is 6.04. The van der Waals surface area contributed by atoms with Gasteiger partial charge in [0.15, 0.2) is 6.61 Å². The van der Waals surface area contributed by atoms with Gasteiger partial charge < -0.3 is 15.8 Å². The second-order valence-corrected chi connectivity index (χ2v) is 5.88. The van der Waals surface area contributed by atoms with Gasteiger partial charge in [-0.05, 0) is 36.1 Å². The second-order valence-electron chi connectivity index (χ2n) is 4.33. The molecule has 0 saturated carbocycles. The molecule has 0 aliphatic carbocycles. The van der Waals surface area contributed by atoms with Crippen LogP contribution >= 0.6 is 22.9 Å². The molecule has 106 valence electrons. The van der Waals surface area contributed by atoms with E-state index >= 15 is 0 Å². The maximum Gasteiger partial charge on any atom is 0.255 e. The summed E-state index contributed by atoms with van der Waals surface area (Å²) >= 11 is 7.44. The number of hydrogen-bond acceptors (Lipinski definition) is 4. The number of hydrogen-bond donors (Lipinski definition) is 2. The molecule has 1 amide bonds. The Kier molecular flexibility index (Phi) is 4.87. The van der Waals surface area contributed by atoms with Crippen molar-refractivity contribution in [2.45, 2.75) is 13.0 Å². The average molecular weight is 311 g/mol. The van der Waals surface area contributed by atoms with E-state index in [4.69, 9.17) is 22.1 Å². The maximum atomic E-state index is 10.7. The highest BCUT2D eigenvalue weighted by Gasteiger charge is 2.08. The van der Waals surface area contributed by atoms with Crippen molar-refractivity contribution in [1.29, 1.82) is 0 Å². The number of carbonyl (C=O) groups is 1. The van der Waals surface area contributed by atoms with Gasteiger partial charge in [-0.25, -0.2) is 0 Å². The van der Waals surface area contributed by atoms with Gasteiger partial charge in [-0.1, -0.05) is 17.7 Å². The molecule has 1 aromatic heterocycles. The molecule has 4 nitrogen and oxygen atoms in total. The van der Waals surface area contributed by atoms with Gasteiger partial charge in [-0.3, -0.25) is 4.79 Å². The minimum atomic E-state index is -0.496. The van der Waals surface area contributed by atoms with Crippen molar-refractivity contribution in [3.63, 3.8) is 0 Å². The monoisotopic (exact) mass is 310 g/mol. The molecule has 0 aliphatic heterocycles. The number of halogens is 1. The van der Waals surface area contributed by atoms with E-state index in [0.29, 0.717) is 5.75 Å². The lowest BCUT2D eigenvalue weighted by Crippen LogP contribution is -2.20. The summed E-state index contributed by atoms with van der Waals surface area (Å²) in [5.41, 5.74) is 7.08. The third-order valence-electron chi connectivity index (χ3n) is 2.69. The summed E-state index contributed by atoms with van der Waals surface area (Å²) in [6.45, 7) is 1.93. The van der Waals surface area contributed by atoms with E-state index in [9.17, 15) is 4.79 Å². The zero-order valence-electron chi connectivity index (χ0n) is 10.9. The Morgan fingerprint density at radius 3 is 2.95 bits per heavy atom. The third-order valence-corrected chi connectivity index (χ3v) is 3.80. The normalized spacial score (nSPS) is 11.9. The highest BCUT2D eigenvalue weighted by molar-refractivity contribution is 7.14. The smallest absolute Gasteiger partial charge is 0.255 e. The van der Waals surface area contributed by atoms with Crippen molar-refractivity contribution >= 4 is 34.5 Å². The molecular weight excluding hydrogens is 296 g/mol. The lowest BCUT2D eigenvalue weighted by Gasteiger charge is -2.15. The first-order valence-electron chi connectivity index (χ1n) is 6.06. The van der Waals surface area contributed by atoms with Crippen LogP contribution in [-0.4, -0.2) is 12.5 Å². The second kappa shape index (κ2) is 6.63. The predicted octanol–water partition coefficient (Wildman–Crippen LogP) is 3.44. The van der Waals surface area contributed by atoms with E-state index in [-0.39, 0.29) is 12.6 Å². The number of ether oxygens (including phenoxy) is 1. The fourth-order valence-corrected chi connectivity index (χ4v) is 2.70. The van der Waals surface area contributed by atoms with Gasteiger partial charge in [-0.2, -0.15) is 0 Å². The Balaban J connectivity index is 2.02. The average Bonchev–Trinajstić information content (AvgIpc) is 2.84. The topological polar surface area (TPSA) is 64.3 Å². The Hall–Kier alpha value is -1.72. The number of primary amides is 1. The van der Waals surface area contributed by atoms with Gasteiger partial charge in [0.05, 0.1) is 4.34 Å². The molecule has 3 N–H and O–H groups in total. The van der Waals surface area contributed by atoms with Gasteiger partial charge in [-0.15, -0.1) is 11.3 Å². The number of carbonyl (C=O) groups excluding carboxylic acids is 1. The van der Waals surface area contributed by atoms with E-state index in [0.717, 1.165) is 15.6 Å². The first-order valence-corrected chi connectivity index (χ1v) is 7.32. The first kappa shape index (κ1) is 14.7. The first-order chi connectivity index (χ1) is 9.54. The minimum Gasteiger partial charge on any atom is -0.484 e. The quantitative estimate of drug-likeness (QED) is 0.859. The summed E-state index contributed by atoms with van der Waals surface area (Å²) in [7, 11) is 0. The lowest BCUT2D eigenvalue weighted by atomic mass is 10.1. The molecule has 2 rings (SSSR count). The van der Waals surface area contributed by atoms with E-state index in [1.807, 2.05) is 29.6 Å². The molecule has 0 aliphatic rings. The number of nitrogens with one attached hydrogen (secondary N) is 1. The summed E-state index contributed by atoms with van der Waals surface area (Å²) in [6.07, 6.45) is 0. The van der Waals surface area contributed by atoms with Crippen LogP contribution in [0.25, 0.3) is 0 Å². The van der Waals surface area contributed by atoms with Crippen molar-refractivity contribution in [2.24, 2.45) is 5.73 Å². The molecule has 1 heterocycles. The van der Waals surface area contributed by atoms with Crippen molar-refractivity contribution in [1.82, 2.24) is 0 Å². The van der Waals surface area contributed by atoms with Crippen LogP contribution in [0, 0.1) is 0 Å². The highest BCUT2D eigenvalue weighted by Crippen LogP contribution is 2.28. The molecule has 0 fully saturated rings. The molecular formula is C14H15ClN2O2S. The highest BCUT2D eigenvalue weighted by atomic mass is 35.5. The minimum absolute atomic E-state index is 0.126. The summed E-state index contributed by atoms with van der Waals surface area (Å²) in [4.78, 5) is 10.7. The zero-order chi connectivity index (χ0) is 14.5. The summed E-state index contributed by atoms with van der Waals surface area (Å²) in [5.74, 6) is 0.106. The Morgan fingerprint density at radius 2 is 2.30 bits per heavy atom. The lowest BCUT2D eigenvalue weighted by molar-refractivity contribution is -0.119. The number of nitrogens with two attached hydrogens (primary N) is 1. The molecule has 0 spiro atoms. The maximum absolute atomic E-state index is 10.7. The summed E-state index contributed by atoms with van der Waals surface area (Å²) in [5, 5.41) is 5.37. The van der Waals surface area contributed by atoms with Crippen molar-refractivity contribution in [3.05, 3.63) is 45.6 Å². The van der Waals surface area contributed by atoms with Crippen LogP contribution in [0.3, 0.4) is 0 Å². The van der Waals surface area contributed by atoms with E-state index in [2.05, 4.69) is 12.2 Å². The fraction of sp³-hybridized carbons (Fsp3) is 0.214. The van der Waals surface area contributed by atoms with Gasteiger partial charge in [0.25, 0.3) is 5.91 Å². The SMILES string of the molecule is CC(Nc1cccc(OCC(N)=O)c1)c1csc(Cl)c1. The van der Waals surface area contributed by atoms with E-state index in [1.54, 1.807) is 6.07 Å². The Labute approximate surface area is 126 Å². The molecule has 6 heteroatoms. The van der Waals surface area contributed by atoms with Crippen molar-refractivity contribution in [2.75, 3.05) is 11.9 Å². The van der Waals surface area contributed by atoms with Crippen LogP contribution in [-0.2, 0) is 4.79 Å². The van der Waals surface area contributed by atoms with E-state index in [1.165, 1.54) is 11.3 Å². The molecule has 1 atom stereocenters. The molecule has 0 bridgehead atoms. The van der Waals surface area contributed by atoms with Crippen LogP contribution in [0.2, 0.25) is 4.34 Å². The number of thiophene rings is 1. The largest absolute Gasteiger partial charge is 0.484 e. The molecule has 1 unspecified atom stereocenters. The number of amides is 1. The Morgan fingerprint density at radius 1 is 1.50 bits per heavy atom. The van der Waals surface area contributed by atoms with Gasteiger partial charge >= 0.3 is 0 Å². The van der Waals surface area contributed by atoms with Crippen LogP contribution in [0.1, 0.15) is 18.5 Å². The summed E-state index contributed by atoms with van der Waals surface area (Å²) in [6, 6.07) is 9.46. The van der Waals surface area contributed by atoms with Gasteiger partial charge in [0.2, 0.25) is 0 Å². The van der Waals surface area contributed by atoms with E-state index < -0.39 is 5.91 Å². The van der Waals surface area contributed by atoms with Crippen LogP contribution < -0.4 is 15.8 Å².